The van der Waals surface area contributed by atoms with Gasteiger partial charge >= 0.3 is 12.5 Å². The van der Waals surface area contributed by atoms with Crippen molar-refractivity contribution in [2.45, 2.75) is 12.5 Å². The molecule has 0 unspecified atom stereocenters. The van der Waals surface area contributed by atoms with Crippen molar-refractivity contribution >= 4 is 38.4 Å². The van der Waals surface area contributed by atoms with Crippen LogP contribution in [0.2, 0.25) is 0 Å². The molecule has 0 aliphatic carbocycles. The van der Waals surface area contributed by atoms with Gasteiger partial charge in [0.05, 0.1) is 5.69 Å². The van der Waals surface area contributed by atoms with E-state index < -0.39 is 29.1 Å². The van der Waals surface area contributed by atoms with Gasteiger partial charge in [0.2, 0.25) is 5.17 Å². The predicted molar refractivity (Wildman–Crippen MR) is 59.8 cm³/mol. The molecular formula is C9H3BrClF6NO. The minimum Gasteiger partial charge on any atom is -0.406 e. The van der Waals surface area contributed by atoms with Gasteiger partial charge in [0, 0.05) is 10.5 Å². The van der Waals surface area contributed by atoms with Crippen LogP contribution in [0.5, 0.6) is 5.75 Å². The zero-order valence-corrected chi connectivity index (χ0v) is 11.0. The highest BCUT2D eigenvalue weighted by Gasteiger charge is 2.35. The van der Waals surface area contributed by atoms with Crippen molar-refractivity contribution in [3.63, 3.8) is 0 Å². The second-order valence-corrected chi connectivity index (χ2v) is 4.27. The third-order valence-corrected chi connectivity index (χ3v) is 2.57. The lowest BCUT2D eigenvalue weighted by atomic mass is 10.3. The van der Waals surface area contributed by atoms with E-state index in [1.54, 1.807) is 0 Å². The van der Waals surface area contributed by atoms with Crippen molar-refractivity contribution in [2.24, 2.45) is 4.99 Å². The van der Waals surface area contributed by atoms with E-state index in [0.717, 1.165) is 12.1 Å². The monoisotopic (exact) mass is 369 g/mol. The normalized spacial score (nSPS) is 13.6. The van der Waals surface area contributed by atoms with E-state index in [1.165, 1.54) is 0 Å². The summed E-state index contributed by atoms with van der Waals surface area (Å²) < 4.78 is 75.9. The van der Waals surface area contributed by atoms with Gasteiger partial charge in [-0.2, -0.15) is 13.2 Å². The highest BCUT2D eigenvalue weighted by Crippen LogP contribution is 2.34. The Morgan fingerprint density at radius 3 is 2.21 bits per heavy atom. The van der Waals surface area contributed by atoms with Crippen molar-refractivity contribution < 1.29 is 31.1 Å². The first-order valence-corrected chi connectivity index (χ1v) is 5.53. The SMILES string of the molecule is FC(F)(F)Oc1ccc(Br)c(N=C(Cl)C(F)(F)F)c1. The number of ether oxygens (including phenoxy) is 1. The highest BCUT2D eigenvalue weighted by atomic mass is 79.9. The number of aliphatic imine (C=N–C) groups is 1. The van der Waals surface area contributed by atoms with E-state index in [-0.39, 0.29) is 4.47 Å². The summed E-state index contributed by atoms with van der Waals surface area (Å²) in [6, 6.07) is 2.64. The molecule has 0 aromatic heterocycles. The number of alkyl halides is 6. The minimum absolute atomic E-state index is 0.0319. The zero-order chi connectivity index (χ0) is 14.8. The van der Waals surface area contributed by atoms with E-state index in [2.05, 4.69) is 25.7 Å². The predicted octanol–water partition coefficient (Wildman–Crippen LogP) is 5.18. The van der Waals surface area contributed by atoms with Gasteiger partial charge in [-0.05, 0) is 28.1 Å². The molecular weight excluding hydrogens is 367 g/mol. The Morgan fingerprint density at radius 1 is 1.16 bits per heavy atom. The molecule has 0 fully saturated rings. The van der Waals surface area contributed by atoms with Gasteiger partial charge in [-0.3, -0.25) is 0 Å². The molecule has 1 aromatic rings. The molecule has 0 atom stereocenters. The van der Waals surface area contributed by atoms with E-state index in [0.29, 0.717) is 6.07 Å². The summed E-state index contributed by atoms with van der Waals surface area (Å²) in [5, 5.41) is -1.71. The van der Waals surface area contributed by atoms with Crippen LogP contribution in [-0.4, -0.2) is 17.7 Å². The quantitative estimate of drug-likeness (QED) is 0.519. The molecule has 10 heteroatoms. The summed E-state index contributed by atoms with van der Waals surface area (Å²) in [5.41, 5.74) is -0.441. The fraction of sp³-hybridized carbons (Fsp3) is 0.222. The molecule has 0 bridgehead atoms. The summed E-state index contributed by atoms with van der Waals surface area (Å²) in [4.78, 5) is 2.98. The van der Waals surface area contributed by atoms with Crippen LogP contribution >= 0.6 is 27.5 Å². The molecule has 0 aliphatic rings. The van der Waals surface area contributed by atoms with Crippen molar-refractivity contribution in [1.29, 1.82) is 0 Å². The van der Waals surface area contributed by atoms with Crippen LogP contribution in [0.25, 0.3) is 0 Å². The summed E-state index contributed by atoms with van der Waals surface area (Å²) in [6.45, 7) is 0. The maximum atomic E-state index is 12.1. The van der Waals surface area contributed by atoms with Crippen LogP contribution in [0.3, 0.4) is 0 Å². The number of nitrogens with zero attached hydrogens (tertiary/aromatic N) is 1. The van der Waals surface area contributed by atoms with E-state index in [4.69, 9.17) is 11.6 Å². The number of hydrogen-bond donors (Lipinski definition) is 0. The van der Waals surface area contributed by atoms with Gasteiger partial charge in [0.1, 0.15) is 5.75 Å². The molecule has 0 saturated heterocycles. The Hall–Kier alpha value is -0.960. The average molecular weight is 370 g/mol. The maximum Gasteiger partial charge on any atom is 0.573 e. The first-order valence-electron chi connectivity index (χ1n) is 4.36. The van der Waals surface area contributed by atoms with Crippen molar-refractivity contribution in [2.75, 3.05) is 0 Å². The molecule has 1 aromatic carbocycles. The van der Waals surface area contributed by atoms with Crippen LogP contribution in [0, 0.1) is 0 Å². The largest absolute Gasteiger partial charge is 0.573 e. The Labute approximate surface area is 116 Å². The lowest BCUT2D eigenvalue weighted by Gasteiger charge is -2.10. The van der Waals surface area contributed by atoms with Crippen molar-refractivity contribution in [3.05, 3.63) is 22.7 Å². The number of halogens is 8. The Balaban J connectivity index is 3.12. The van der Waals surface area contributed by atoms with Crippen LogP contribution in [0.4, 0.5) is 32.0 Å². The lowest BCUT2D eigenvalue weighted by molar-refractivity contribution is -0.274. The maximum absolute atomic E-state index is 12.1. The van der Waals surface area contributed by atoms with Crippen LogP contribution in [0.15, 0.2) is 27.7 Å². The standard InChI is InChI=1S/C9H3BrClF6NO/c10-5-2-1-4(19-9(15,16)17)3-6(5)18-7(11)8(12,13)14/h1-3H. The molecule has 0 saturated carbocycles. The zero-order valence-electron chi connectivity index (χ0n) is 8.61. The average Bonchev–Trinajstić information content (AvgIpc) is 2.19. The molecule has 0 heterocycles. The molecule has 19 heavy (non-hydrogen) atoms. The molecule has 0 radical (unpaired) electrons. The van der Waals surface area contributed by atoms with Gasteiger partial charge in [0.15, 0.2) is 0 Å². The third-order valence-electron chi connectivity index (χ3n) is 1.60. The van der Waals surface area contributed by atoms with E-state index in [1.807, 2.05) is 0 Å². The van der Waals surface area contributed by atoms with Gasteiger partial charge in [0.25, 0.3) is 0 Å². The van der Waals surface area contributed by atoms with Crippen LogP contribution < -0.4 is 4.74 Å². The summed E-state index contributed by atoms with van der Waals surface area (Å²) in [5.74, 6) is -0.707. The Bertz CT molecular complexity index is 498. The van der Waals surface area contributed by atoms with Gasteiger partial charge < -0.3 is 4.74 Å². The minimum atomic E-state index is -4.96. The van der Waals surface area contributed by atoms with E-state index >= 15 is 0 Å². The molecule has 2 nitrogen and oxygen atoms in total. The lowest BCUT2D eigenvalue weighted by Crippen LogP contribution is -2.17. The fourth-order valence-electron chi connectivity index (χ4n) is 0.944. The second kappa shape index (κ2) is 5.58. The first-order chi connectivity index (χ1) is 8.49. The molecule has 1 rings (SSSR count). The van der Waals surface area contributed by atoms with Crippen molar-refractivity contribution in [3.8, 4) is 5.75 Å². The van der Waals surface area contributed by atoms with Crippen LogP contribution in [-0.2, 0) is 0 Å². The first kappa shape index (κ1) is 16.1. The van der Waals surface area contributed by atoms with Gasteiger partial charge in [-0.1, -0.05) is 11.6 Å². The fourth-order valence-corrected chi connectivity index (χ4v) is 1.37. The highest BCUT2D eigenvalue weighted by molar-refractivity contribution is 9.10. The van der Waals surface area contributed by atoms with Gasteiger partial charge in [-0.15, -0.1) is 13.2 Å². The number of rotatable bonds is 2. The molecule has 0 amide bonds. The summed E-state index contributed by atoms with van der Waals surface area (Å²) in [6.07, 6.45) is -9.84. The summed E-state index contributed by atoms with van der Waals surface area (Å²) >= 11 is 7.73. The smallest absolute Gasteiger partial charge is 0.406 e. The number of benzene rings is 1. The summed E-state index contributed by atoms with van der Waals surface area (Å²) in [7, 11) is 0. The molecule has 0 N–H and O–H groups in total. The Kier molecular flexibility index (Phi) is 4.72. The topological polar surface area (TPSA) is 21.6 Å². The van der Waals surface area contributed by atoms with Gasteiger partial charge in [-0.25, -0.2) is 4.99 Å². The number of hydrogen-bond acceptors (Lipinski definition) is 2. The Morgan fingerprint density at radius 2 is 1.74 bits per heavy atom. The second-order valence-electron chi connectivity index (χ2n) is 3.06. The molecule has 0 aliphatic heterocycles. The van der Waals surface area contributed by atoms with Crippen molar-refractivity contribution in [1.82, 2.24) is 0 Å². The molecule has 0 spiro atoms. The van der Waals surface area contributed by atoms with E-state index in [9.17, 15) is 26.3 Å². The van der Waals surface area contributed by atoms with Crippen LogP contribution in [0.1, 0.15) is 0 Å². The third kappa shape index (κ3) is 5.27. The molecule has 106 valence electrons.